The molecule has 0 atom stereocenters. The predicted molar refractivity (Wildman–Crippen MR) is 68.4 cm³/mol. The molecule has 0 fully saturated rings. The van der Waals surface area contributed by atoms with Crippen LogP contribution in [0.3, 0.4) is 0 Å². The molecule has 0 aliphatic heterocycles. The number of ether oxygens (including phenoxy) is 1. The number of hydrogen-bond donors (Lipinski definition) is 0. The molecule has 0 unspecified atom stereocenters. The van der Waals surface area contributed by atoms with Gasteiger partial charge in [0, 0.05) is 10.5 Å². The highest BCUT2D eigenvalue weighted by molar-refractivity contribution is 8.00. The number of nitriles is 1. The molecule has 0 saturated carbocycles. The Morgan fingerprint density at radius 3 is 2.50 bits per heavy atom. The van der Waals surface area contributed by atoms with Crippen LogP contribution in [0.2, 0.25) is 0 Å². The second-order valence-electron chi connectivity index (χ2n) is 4.00. The van der Waals surface area contributed by atoms with E-state index in [2.05, 4.69) is 4.74 Å². The highest BCUT2D eigenvalue weighted by Crippen LogP contribution is 2.42. The molecule has 0 aliphatic carbocycles. The van der Waals surface area contributed by atoms with Gasteiger partial charge in [0.2, 0.25) is 0 Å². The van der Waals surface area contributed by atoms with E-state index in [-0.39, 0.29) is 12.2 Å². The number of benzene rings is 1. The maximum atomic E-state index is 12.9. The minimum absolute atomic E-state index is 0.00569. The van der Waals surface area contributed by atoms with Crippen LogP contribution in [0.4, 0.5) is 22.0 Å². The first kappa shape index (κ1) is 18.2. The fourth-order valence-corrected chi connectivity index (χ4v) is 2.46. The number of esters is 1. The van der Waals surface area contributed by atoms with Gasteiger partial charge in [0.1, 0.15) is 0 Å². The third-order valence-corrected chi connectivity index (χ3v) is 3.21. The Bertz CT molecular complexity index is 595. The first-order valence-electron chi connectivity index (χ1n) is 5.94. The van der Waals surface area contributed by atoms with Crippen molar-refractivity contribution in [2.45, 2.75) is 30.2 Å². The van der Waals surface area contributed by atoms with Crippen LogP contribution in [-0.2, 0) is 16.0 Å². The zero-order valence-corrected chi connectivity index (χ0v) is 12.0. The molecule has 0 N–H and O–H groups in total. The van der Waals surface area contributed by atoms with E-state index in [1.165, 1.54) is 6.07 Å². The van der Waals surface area contributed by atoms with Crippen molar-refractivity contribution in [2.24, 2.45) is 0 Å². The van der Waals surface area contributed by atoms with Crippen molar-refractivity contribution >= 4 is 17.7 Å². The molecule has 1 aromatic carbocycles. The molecule has 22 heavy (non-hydrogen) atoms. The van der Waals surface area contributed by atoms with Crippen molar-refractivity contribution in [1.29, 1.82) is 5.26 Å². The molecular formula is C13H10F5NO2S. The lowest BCUT2D eigenvalue weighted by molar-refractivity contribution is -0.142. The number of alkyl halides is 5. The summed E-state index contributed by atoms with van der Waals surface area (Å²) in [5.41, 5.74) is -6.37. The van der Waals surface area contributed by atoms with Gasteiger partial charge in [-0.25, -0.2) is 8.78 Å². The van der Waals surface area contributed by atoms with E-state index < -0.39 is 52.1 Å². The van der Waals surface area contributed by atoms with E-state index in [9.17, 15) is 26.7 Å². The number of carbonyl (C=O) groups excluding carboxylic acids is 1. The molecule has 120 valence electrons. The first-order valence-corrected chi connectivity index (χ1v) is 6.76. The molecule has 1 aromatic rings. The average Bonchev–Trinajstić information content (AvgIpc) is 2.35. The number of hydrogen-bond acceptors (Lipinski definition) is 4. The molecule has 0 aliphatic rings. The summed E-state index contributed by atoms with van der Waals surface area (Å²) < 4.78 is 68.0. The van der Waals surface area contributed by atoms with Crippen molar-refractivity contribution in [2.75, 3.05) is 6.61 Å². The second kappa shape index (κ2) is 7.45. The van der Waals surface area contributed by atoms with Crippen molar-refractivity contribution in [1.82, 2.24) is 0 Å². The number of thioether (sulfide) groups is 1. The van der Waals surface area contributed by atoms with E-state index in [0.29, 0.717) is 0 Å². The summed E-state index contributed by atoms with van der Waals surface area (Å²) in [7, 11) is 0. The van der Waals surface area contributed by atoms with Crippen molar-refractivity contribution in [3.63, 3.8) is 0 Å². The number of carbonyl (C=O) groups is 1. The van der Waals surface area contributed by atoms with Crippen LogP contribution in [0.1, 0.15) is 30.0 Å². The minimum atomic E-state index is -4.79. The summed E-state index contributed by atoms with van der Waals surface area (Å²) in [6.45, 7) is 1.62. The fourth-order valence-electron chi connectivity index (χ4n) is 1.69. The van der Waals surface area contributed by atoms with Gasteiger partial charge in [-0.15, -0.1) is 0 Å². The third-order valence-electron chi connectivity index (χ3n) is 2.42. The summed E-state index contributed by atoms with van der Waals surface area (Å²) in [5, 5.41) is 8.86. The maximum Gasteiger partial charge on any atom is 0.446 e. The molecular weight excluding hydrogens is 329 g/mol. The van der Waals surface area contributed by atoms with Gasteiger partial charge in [-0.3, -0.25) is 4.79 Å². The van der Waals surface area contributed by atoms with Crippen molar-refractivity contribution in [3.8, 4) is 6.07 Å². The van der Waals surface area contributed by atoms with Gasteiger partial charge in [0.15, 0.2) is 0 Å². The average molecular weight is 339 g/mol. The Kier molecular flexibility index (Phi) is 6.17. The van der Waals surface area contributed by atoms with Crippen LogP contribution in [0.15, 0.2) is 17.0 Å². The largest absolute Gasteiger partial charge is 0.466 e. The normalized spacial score (nSPS) is 11.4. The molecule has 0 bridgehead atoms. The highest BCUT2D eigenvalue weighted by Gasteiger charge is 2.33. The van der Waals surface area contributed by atoms with E-state index in [0.717, 1.165) is 12.1 Å². The van der Waals surface area contributed by atoms with Crippen molar-refractivity contribution in [3.05, 3.63) is 28.8 Å². The summed E-state index contributed by atoms with van der Waals surface area (Å²) in [5.74, 6) is -0.723. The van der Waals surface area contributed by atoms with Gasteiger partial charge in [-0.1, -0.05) is 0 Å². The van der Waals surface area contributed by atoms with E-state index >= 15 is 0 Å². The second-order valence-corrected chi connectivity index (χ2v) is 5.10. The van der Waals surface area contributed by atoms with Crippen molar-refractivity contribution < 1.29 is 31.5 Å². The van der Waals surface area contributed by atoms with Crippen LogP contribution in [0.25, 0.3) is 0 Å². The molecule has 0 aromatic heterocycles. The number of halogens is 5. The van der Waals surface area contributed by atoms with Crippen LogP contribution in [0.5, 0.6) is 0 Å². The Balaban J connectivity index is 3.31. The molecule has 1 rings (SSSR count). The summed E-state index contributed by atoms with van der Waals surface area (Å²) in [4.78, 5) is 10.6. The predicted octanol–water partition coefficient (Wildman–Crippen LogP) is 4.21. The van der Waals surface area contributed by atoms with Crippen LogP contribution in [0, 0.1) is 11.3 Å². The first-order chi connectivity index (χ1) is 10.2. The molecule has 0 saturated heterocycles. The van der Waals surface area contributed by atoms with Gasteiger partial charge in [-0.05, 0) is 36.4 Å². The SMILES string of the molecule is CCOC(=O)Cc1cc(C#N)c(C(F)F)c(SC(F)(F)F)c1. The van der Waals surface area contributed by atoms with E-state index in [1.807, 2.05) is 0 Å². The highest BCUT2D eigenvalue weighted by atomic mass is 32.2. The zero-order chi connectivity index (χ0) is 16.9. The van der Waals surface area contributed by atoms with Gasteiger partial charge in [-0.2, -0.15) is 18.4 Å². The maximum absolute atomic E-state index is 12.9. The summed E-state index contributed by atoms with van der Waals surface area (Å²) in [6, 6.07) is 3.24. The molecule has 0 heterocycles. The Hall–Kier alpha value is -1.82. The van der Waals surface area contributed by atoms with Gasteiger partial charge < -0.3 is 4.74 Å². The lowest BCUT2D eigenvalue weighted by Crippen LogP contribution is -2.09. The smallest absolute Gasteiger partial charge is 0.446 e. The van der Waals surface area contributed by atoms with E-state index in [4.69, 9.17) is 5.26 Å². The lowest BCUT2D eigenvalue weighted by Gasteiger charge is -2.14. The van der Waals surface area contributed by atoms with Gasteiger partial charge in [0.25, 0.3) is 6.43 Å². The third kappa shape index (κ3) is 5.18. The lowest BCUT2D eigenvalue weighted by atomic mass is 10.0. The minimum Gasteiger partial charge on any atom is -0.466 e. The molecule has 9 heteroatoms. The molecule has 0 radical (unpaired) electrons. The fraction of sp³-hybridized carbons (Fsp3) is 0.385. The summed E-state index contributed by atoms with van der Waals surface area (Å²) >= 11 is -0.743. The molecule has 0 amide bonds. The monoisotopic (exact) mass is 339 g/mol. The van der Waals surface area contributed by atoms with Gasteiger partial charge in [0.05, 0.1) is 24.7 Å². The molecule has 0 spiro atoms. The summed E-state index contributed by atoms with van der Waals surface area (Å²) in [6.07, 6.45) is -3.64. The Morgan fingerprint density at radius 2 is 2.05 bits per heavy atom. The van der Waals surface area contributed by atoms with Crippen LogP contribution >= 0.6 is 11.8 Å². The van der Waals surface area contributed by atoms with Gasteiger partial charge >= 0.3 is 11.5 Å². The topological polar surface area (TPSA) is 50.1 Å². The Labute approximate surface area is 127 Å². The zero-order valence-electron chi connectivity index (χ0n) is 11.2. The number of nitrogens with zero attached hydrogens (tertiary/aromatic N) is 1. The number of rotatable bonds is 5. The van der Waals surface area contributed by atoms with Crippen LogP contribution < -0.4 is 0 Å². The van der Waals surface area contributed by atoms with Crippen LogP contribution in [-0.4, -0.2) is 18.1 Å². The standard InChI is InChI=1S/C13H10F5NO2S/c1-2-21-10(20)5-7-3-8(6-19)11(12(14)15)9(4-7)22-13(16,17)18/h3-4,12H,2,5H2,1H3. The molecule has 3 nitrogen and oxygen atoms in total. The van der Waals surface area contributed by atoms with E-state index in [1.54, 1.807) is 6.92 Å². The Morgan fingerprint density at radius 1 is 1.41 bits per heavy atom. The quantitative estimate of drug-likeness (QED) is 0.458.